The standard InChI is InChI=1S/C25H25F3N4O3/c1-5-6-7-21(35-24(27)28)14(2)19-8-9-31-22(33)17-10-18(26)16(11-20(17)32(19)31)15-12-29-23(30-13-15)25(3,4)34/h5-7,10-13,19,24,34H,2,8-9H2,1,3-4H3/b6-5-,21-7+/t19-/m0/s1. The Morgan fingerprint density at radius 2 is 2.00 bits per heavy atom. The molecule has 3 heterocycles. The molecule has 0 saturated heterocycles. The van der Waals surface area contributed by atoms with E-state index in [0.717, 1.165) is 6.07 Å². The Balaban J connectivity index is 1.82. The van der Waals surface area contributed by atoms with Gasteiger partial charge < -0.3 is 9.84 Å². The lowest BCUT2D eigenvalue weighted by Gasteiger charge is -2.20. The van der Waals surface area contributed by atoms with Crippen molar-refractivity contribution in [1.29, 1.82) is 0 Å². The zero-order valence-corrected chi connectivity index (χ0v) is 19.5. The number of nitrogens with zero attached hydrogens (tertiary/aromatic N) is 4. The molecule has 10 heteroatoms. The SMILES string of the molecule is C=C(/C(=C\C=C/C)OC(F)F)[C@@H]1CCn2c(=O)c3cc(F)c(-c4cnc(C(C)(C)O)nc4)cc3n21. The van der Waals surface area contributed by atoms with Crippen LogP contribution in [0.4, 0.5) is 13.2 Å². The Kier molecular flexibility index (Phi) is 6.42. The van der Waals surface area contributed by atoms with E-state index in [-0.39, 0.29) is 33.7 Å². The molecular weight excluding hydrogens is 461 g/mol. The van der Waals surface area contributed by atoms with Crippen LogP contribution in [-0.2, 0) is 16.9 Å². The third-order valence-corrected chi connectivity index (χ3v) is 5.85. The number of ether oxygens (including phenoxy) is 1. The molecule has 184 valence electrons. The van der Waals surface area contributed by atoms with Gasteiger partial charge in [0, 0.05) is 35.6 Å². The summed E-state index contributed by atoms with van der Waals surface area (Å²) < 4.78 is 48.9. The smallest absolute Gasteiger partial charge is 0.387 e. The zero-order chi connectivity index (χ0) is 25.5. The molecule has 1 aliphatic heterocycles. The van der Waals surface area contributed by atoms with Crippen LogP contribution in [0.3, 0.4) is 0 Å². The van der Waals surface area contributed by atoms with Crippen molar-refractivity contribution >= 4 is 10.9 Å². The molecule has 1 aromatic carbocycles. The first-order chi connectivity index (χ1) is 16.5. The topological polar surface area (TPSA) is 82.2 Å². The van der Waals surface area contributed by atoms with Gasteiger partial charge in [-0.15, -0.1) is 0 Å². The van der Waals surface area contributed by atoms with E-state index in [0.29, 0.717) is 24.0 Å². The van der Waals surface area contributed by atoms with E-state index in [9.17, 15) is 18.7 Å². The fourth-order valence-corrected chi connectivity index (χ4v) is 4.19. The van der Waals surface area contributed by atoms with Crippen LogP contribution >= 0.6 is 0 Å². The van der Waals surface area contributed by atoms with Crippen molar-refractivity contribution in [2.75, 3.05) is 0 Å². The highest BCUT2D eigenvalue weighted by atomic mass is 19.3. The van der Waals surface area contributed by atoms with Gasteiger partial charge in [-0.3, -0.25) is 9.48 Å². The normalized spacial score (nSPS) is 16.5. The predicted molar refractivity (Wildman–Crippen MR) is 125 cm³/mol. The van der Waals surface area contributed by atoms with Crippen LogP contribution < -0.4 is 5.56 Å². The second-order valence-corrected chi connectivity index (χ2v) is 8.74. The molecule has 35 heavy (non-hydrogen) atoms. The molecule has 3 aromatic rings. The van der Waals surface area contributed by atoms with Gasteiger partial charge in [-0.2, -0.15) is 8.78 Å². The lowest BCUT2D eigenvalue weighted by molar-refractivity contribution is -0.0940. The molecule has 0 unspecified atom stereocenters. The summed E-state index contributed by atoms with van der Waals surface area (Å²) >= 11 is 0. The maximum absolute atomic E-state index is 15.0. The van der Waals surface area contributed by atoms with Crippen LogP contribution in [0.5, 0.6) is 0 Å². The number of rotatable bonds is 7. The van der Waals surface area contributed by atoms with E-state index >= 15 is 4.39 Å². The quantitative estimate of drug-likeness (QED) is 0.382. The molecule has 0 radical (unpaired) electrons. The lowest BCUT2D eigenvalue weighted by atomic mass is 10.0. The van der Waals surface area contributed by atoms with Crippen LogP contribution in [0.25, 0.3) is 22.0 Å². The number of hydrogen-bond donors (Lipinski definition) is 1. The van der Waals surface area contributed by atoms with Crippen molar-refractivity contribution in [1.82, 2.24) is 19.3 Å². The molecule has 1 N–H and O–H groups in total. The van der Waals surface area contributed by atoms with Gasteiger partial charge >= 0.3 is 6.61 Å². The summed E-state index contributed by atoms with van der Waals surface area (Å²) in [5.41, 5.74) is -0.440. The molecule has 1 atom stereocenters. The first kappa shape index (κ1) is 24.5. The minimum Gasteiger partial charge on any atom is -0.434 e. The number of alkyl halides is 2. The summed E-state index contributed by atoms with van der Waals surface area (Å²) in [5.74, 6) is -0.549. The third kappa shape index (κ3) is 4.53. The average molecular weight is 486 g/mol. The van der Waals surface area contributed by atoms with Crippen molar-refractivity contribution in [2.45, 2.75) is 52.0 Å². The van der Waals surface area contributed by atoms with Crippen molar-refractivity contribution in [2.24, 2.45) is 0 Å². The number of hydrogen-bond acceptors (Lipinski definition) is 5. The third-order valence-electron chi connectivity index (χ3n) is 5.85. The Bertz CT molecular complexity index is 1400. The molecule has 0 fully saturated rings. The number of allylic oxidation sites excluding steroid dienone is 4. The molecule has 0 bridgehead atoms. The van der Waals surface area contributed by atoms with Gasteiger partial charge in [0.05, 0.1) is 16.9 Å². The number of halogens is 3. The maximum Gasteiger partial charge on any atom is 0.387 e. The number of fused-ring (bicyclic) bond motifs is 3. The molecule has 4 rings (SSSR count). The van der Waals surface area contributed by atoms with Gasteiger partial charge in [-0.1, -0.05) is 18.7 Å². The Morgan fingerprint density at radius 3 is 2.60 bits per heavy atom. The monoisotopic (exact) mass is 486 g/mol. The first-order valence-electron chi connectivity index (χ1n) is 11.0. The van der Waals surface area contributed by atoms with E-state index in [1.54, 1.807) is 23.8 Å². The second-order valence-electron chi connectivity index (χ2n) is 8.74. The Hall–Kier alpha value is -3.66. The van der Waals surface area contributed by atoms with Gasteiger partial charge in [0.2, 0.25) is 0 Å². The van der Waals surface area contributed by atoms with Gasteiger partial charge in [-0.05, 0) is 45.4 Å². The van der Waals surface area contributed by atoms with Crippen LogP contribution in [0, 0.1) is 5.82 Å². The van der Waals surface area contributed by atoms with Crippen molar-refractivity contribution < 1.29 is 23.0 Å². The summed E-state index contributed by atoms with van der Waals surface area (Å²) in [6.07, 6.45) is 7.85. The Morgan fingerprint density at radius 1 is 1.31 bits per heavy atom. The summed E-state index contributed by atoms with van der Waals surface area (Å²) in [5, 5.41) is 10.2. The van der Waals surface area contributed by atoms with Crippen molar-refractivity contribution in [3.63, 3.8) is 0 Å². The Labute approximate surface area is 199 Å². The number of aliphatic hydroxyl groups is 1. The van der Waals surface area contributed by atoms with Gasteiger partial charge in [-0.25, -0.2) is 19.0 Å². The van der Waals surface area contributed by atoms with Gasteiger partial charge in [0.1, 0.15) is 17.2 Å². The highest BCUT2D eigenvalue weighted by Crippen LogP contribution is 2.36. The maximum atomic E-state index is 15.0. The van der Waals surface area contributed by atoms with Gasteiger partial charge in [0.15, 0.2) is 5.82 Å². The zero-order valence-electron chi connectivity index (χ0n) is 19.5. The first-order valence-corrected chi connectivity index (χ1v) is 11.0. The minimum atomic E-state index is -3.04. The number of benzene rings is 1. The van der Waals surface area contributed by atoms with E-state index in [1.807, 2.05) is 0 Å². The molecule has 0 amide bonds. The van der Waals surface area contributed by atoms with Gasteiger partial charge in [0.25, 0.3) is 5.56 Å². The van der Waals surface area contributed by atoms with Crippen LogP contribution in [0.15, 0.2) is 65.5 Å². The van der Waals surface area contributed by atoms with E-state index in [2.05, 4.69) is 16.5 Å². The molecule has 0 spiro atoms. The van der Waals surface area contributed by atoms with Crippen molar-refractivity contribution in [3.05, 3.63) is 82.7 Å². The van der Waals surface area contributed by atoms with E-state index in [1.165, 1.54) is 43.1 Å². The fourth-order valence-electron chi connectivity index (χ4n) is 4.19. The molecule has 2 aromatic heterocycles. The minimum absolute atomic E-state index is 0.0937. The van der Waals surface area contributed by atoms with Crippen LogP contribution in [0.2, 0.25) is 0 Å². The van der Waals surface area contributed by atoms with E-state index < -0.39 is 24.1 Å². The second kappa shape index (κ2) is 9.18. The molecule has 0 saturated carbocycles. The molecule has 0 aliphatic carbocycles. The highest BCUT2D eigenvalue weighted by molar-refractivity contribution is 5.85. The summed E-state index contributed by atoms with van der Waals surface area (Å²) in [7, 11) is 0. The van der Waals surface area contributed by atoms with E-state index in [4.69, 9.17) is 4.74 Å². The van der Waals surface area contributed by atoms with Crippen molar-refractivity contribution in [3.8, 4) is 11.1 Å². The largest absolute Gasteiger partial charge is 0.434 e. The number of aromatic nitrogens is 4. The average Bonchev–Trinajstić information content (AvgIpc) is 3.34. The molecular formula is C25H25F3N4O3. The highest BCUT2D eigenvalue weighted by Gasteiger charge is 2.31. The lowest BCUT2D eigenvalue weighted by Crippen LogP contribution is -2.19. The summed E-state index contributed by atoms with van der Waals surface area (Å²) in [6.45, 7) is 6.05. The molecule has 7 nitrogen and oxygen atoms in total. The predicted octanol–water partition coefficient (Wildman–Crippen LogP) is 4.83. The van der Waals surface area contributed by atoms with Crippen LogP contribution in [-0.4, -0.2) is 31.0 Å². The van der Waals surface area contributed by atoms with Crippen LogP contribution in [0.1, 0.15) is 39.1 Å². The summed E-state index contributed by atoms with van der Waals surface area (Å²) in [6, 6.07) is 2.11. The fraction of sp³-hybridized carbons (Fsp3) is 0.320. The molecule has 1 aliphatic rings. The summed E-state index contributed by atoms with van der Waals surface area (Å²) in [4.78, 5) is 21.2.